The number of hydrogen-bond donors (Lipinski definition) is 2. The van der Waals surface area contributed by atoms with Crippen LogP contribution < -0.4 is 10.6 Å². The number of ether oxygens (including phenoxy) is 1. The molecule has 0 saturated carbocycles. The van der Waals surface area contributed by atoms with E-state index in [1.807, 2.05) is 31.2 Å². The van der Waals surface area contributed by atoms with Crippen LogP contribution in [0.15, 0.2) is 52.1 Å². The summed E-state index contributed by atoms with van der Waals surface area (Å²) in [4.78, 5) is 30.7. The minimum absolute atomic E-state index is 0.127. The second kappa shape index (κ2) is 10.5. The van der Waals surface area contributed by atoms with Crippen molar-refractivity contribution in [2.24, 2.45) is 10.9 Å². The van der Waals surface area contributed by atoms with Crippen molar-refractivity contribution in [3.8, 4) is 0 Å². The highest BCUT2D eigenvalue weighted by atomic mass is 16.5. The van der Waals surface area contributed by atoms with Gasteiger partial charge in [-0.1, -0.05) is 12.1 Å². The normalized spacial score (nSPS) is 16.8. The SMILES string of the molecule is CCOC(=O)[C@H]1CCCN(C(=NC)NCc2cccc(NC(=O)c3ccco3)c2)C1. The Hall–Kier alpha value is -3.29. The van der Waals surface area contributed by atoms with Gasteiger partial charge in [0.2, 0.25) is 0 Å². The van der Waals surface area contributed by atoms with Crippen LogP contribution >= 0.6 is 0 Å². The lowest BCUT2D eigenvalue weighted by Gasteiger charge is -2.34. The first kappa shape index (κ1) is 21.4. The van der Waals surface area contributed by atoms with Gasteiger partial charge in [0.15, 0.2) is 11.7 Å². The minimum Gasteiger partial charge on any atom is -0.466 e. The number of carbonyl (C=O) groups excluding carboxylic acids is 2. The third kappa shape index (κ3) is 5.62. The summed E-state index contributed by atoms with van der Waals surface area (Å²) >= 11 is 0. The smallest absolute Gasteiger partial charge is 0.310 e. The highest BCUT2D eigenvalue weighted by Crippen LogP contribution is 2.18. The fourth-order valence-electron chi connectivity index (χ4n) is 3.49. The molecule has 30 heavy (non-hydrogen) atoms. The van der Waals surface area contributed by atoms with Gasteiger partial charge in [0.05, 0.1) is 18.8 Å². The van der Waals surface area contributed by atoms with Gasteiger partial charge in [-0.25, -0.2) is 0 Å². The van der Waals surface area contributed by atoms with Gasteiger partial charge in [-0.05, 0) is 49.6 Å². The number of aliphatic imine (C=N–C) groups is 1. The number of likely N-dealkylation sites (tertiary alicyclic amines) is 1. The van der Waals surface area contributed by atoms with E-state index >= 15 is 0 Å². The number of carbonyl (C=O) groups is 2. The summed E-state index contributed by atoms with van der Waals surface area (Å²) in [5, 5.41) is 6.18. The van der Waals surface area contributed by atoms with Crippen LogP contribution in [0.25, 0.3) is 0 Å². The van der Waals surface area contributed by atoms with E-state index in [9.17, 15) is 9.59 Å². The van der Waals surface area contributed by atoms with Crippen molar-refractivity contribution >= 4 is 23.5 Å². The molecule has 1 aromatic heterocycles. The summed E-state index contributed by atoms with van der Waals surface area (Å²) in [5.41, 5.74) is 1.68. The van der Waals surface area contributed by atoms with E-state index in [-0.39, 0.29) is 23.6 Å². The monoisotopic (exact) mass is 412 g/mol. The number of amides is 1. The van der Waals surface area contributed by atoms with E-state index in [1.165, 1.54) is 6.26 Å². The average molecular weight is 412 g/mol. The molecule has 2 N–H and O–H groups in total. The molecule has 0 unspecified atom stereocenters. The Kier molecular flexibility index (Phi) is 7.48. The third-order valence-electron chi connectivity index (χ3n) is 4.93. The first-order chi connectivity index (χ1) is 14.6. The summed E-state index contributed by atoms with van der Waals surface area (Å²) < 4.78 is 10.3. The lowest BCUT2D eigenvalue weighted by molar-refractivity contribution is -0.149. The van der Waals surface area contributed by atoms with Crippen LogP contribution in [0.3, 0.4) is 0 Å². The van der Waals surface area contributed by atoms with Crippen LogP contribution in [0.4, 0.5) is 5.69 Å². The average Bonchev–Trinajstić information content (AvgIpc) is 3.30. The van der Waals surface area contributed by atoms with E-state index < -0.39 is 0 Å². The number of piperidine rings is 1. The lowest BCUT2D eigenvalue weighted by atomic mass is 9.98. The highest BCUT2D eigenvalue weighted by Gasteiger charge is 2.28. The molecule has 1 aliphatic heterocycles. The van der Waals surface area contributed by atoms with Crippen LogP contribution in [0.5, 0.6) is 0 Å². The molecule has 0 radical (unpaired) electrons. The van der Waals surface area contributed by atoms with E-state index in [4.69, 9.17) is 9.15 Å². The summed E-state index contributed by atoms with van der Waals surface area (Å²) in [6.07, 6.45) is 3.22. The van der Waals surface area contributed by atoms with Gasteiger partial charge in [-0.2, -0.15) is 0 Å². The number of guanidine groups is 1. The molecular weight excluding hydrogens is 384 g/mol. The molecule has 8 heteroatoms. The Morgan fingerprint density at radius 2 is 2.17 bits per heavy atom. The molecule has 0 aliphatic carbocycles. The molecule has 8 nitrogen and oxygen atoms in total. The minimum atomic E-state index is -0.292. The molecule has 1 amide bonds. The first-order valence-electron chi connectivity index (χ1n) is 10.2. The molecular formula is C22H28N4O4. The zero-order valence-corrected chi connectivity index (χ0v) is 17.4. The maximum absolute atomic E-state index is 12.2. The molecule has 1 atom stereocenters. The summed E-state index contributed by atoms with van der Waals surface area (Å²) in [5.74, 6) is 0.448. The second-order valence-corrected chi connectivity index (χ2v) is 7.07. The second-order valence-electron chi connectivity index (χ2n) is 7.07. The molecule has 0 bridgehead atoms. The van der Waals surface area contributed by atoms with Crippen LogP contribution in [0.2, 0.25) is 0 Å². The first-order valence-corrected chi connectivity index (χ1v) is 10.2. The molecule has 2 aromatic rings. The maximum Gasteiger partial charge on any atom is 0.310 e. The van der Waals surface area contributed by atoms with Gasteiger partial charge >= 0.3 is 5.97 Å². The Morgan fingerprint density at radius 3 is 2.90 bits per heavy atom. The number of anilines is 1. The van der Waals surface area contributed by atoms with Crippen LogP contribution in [0.1, 0.15) is 35.9 Å². The lowest BCUT2D eigenvalue weighted by Crippen LogP contribution is -2.48. The Balaban J connectivity index is 1.57. The predicted molar refractivity (Wildman–Crippen MR) is 114 cm³/mol. The molecule has 3 rings (SSSR count). The van der Waals surface area contributed by atoms with Crippen molar-refractivity contribution in [2.45, 2.75) is 26.3 Å². The van der Waals surface area contributed by atoms with Gasteiger partial charge in [-0.3, -0.25) is 14.6 Å². The van der Waals surface area contributed by atoms with E-state index in [0.717, 1.165) is 30.9 Å². The van der Waals surface area contributed by atoms with Crippen molar-refractivity contribution < 1.29 is 18.7 Å². The molecule has 160 valence electrons. The van der Waals surface area contributed by atoms with Crippen LogP contribution in [-0.4, -0.2) is 49.5 Å². The van der Waals surface area contributed by atoms with Gasteiger partial charge in [0.1, 0.15) is 0 Å². The number of nitrogens with one attached hydrogen (secondary N) is 2. The quantitative estimate of drug-likeness (QED) is 0.430. The molecule has 1 aromatic carbocycles. The number of nitrogens with zero attached hydrogens (tertiary/aromatic N) is 2. The molecule has 1 fully saturated rings. The number of furan rings is 1. The number of benzene rings is 1. The van der Waals surface area contributed by atoms with E-state index in [2.05, 4.69) is 20.5 Å². The zero-order valence-electron chi connectivity index (χ0n) is 17.4. The fraction of sp³-hybridized carbons (Fsp3) is 0.409. The molecule has 2 heterocycles. The van der Waals surface area contributed by atoms with Gasteiger partial charge in [-0.15, -0.1) is 0 Å². The maximum atomic E-state index is 12.2. The third-order valence-corrected chi connectivity index (χ3v) is 4.93. The number of esters is 1. The predicted octanol–water partition coefficient (Wildman–Crippen LogP) is 2.88. The molecule has 0 spiro atoms. The zero-order chi connectivity index (χ0) is 21.3. The van der Waals surface area contributed by atoms with Crippen molar-refractivity contribution in [3.05, 3.63) is 54.0 Å². The largest absolute Gasteiger partial charge is 0.466 e. The molecule has 1 saturated heterocycles. The van der Waals surface area contributed by atoms with Gasteiger partial charge in [0, 0.05) is 32.4 Å². The number of hydrogen-bond acceptors (Lipinski definition) is 5. The van der Waals surface area contributed by atoms with Crippen LogP contribution in [0, 0.1) is 5.92 Å². The highest BCUT2D eigenvalue weighted by molar-refractivity contribution is 6.02. The fourth-order valence-corrected chi connectivity index (χ4v) is 3.49. The Bertz CT molecular complexity index is 879. The topological polar surface area (TPSA) is 96.2 Å². The van der Waals surface area contributed by atoms with E-state index in [0.29, 0.717) is 25.4 Å². The van der Waals surface area contributed by atoms with Crippen molar-refractivity contribution in [1.82, 2.24) is 10.2 Å². The number of rotatable bonds is 6. The van der Waals surface area contributed by atoms with Crippen molar-refractivity contribution in [2.75, 3.05) is 32.1 Å². The van der Waals surface area contributed by atoms with Crippen molar-refractivity contribution in [3.63, 3.8) is 0 Å². The van der Waals surface area contributed by atoms with Crippen LogP contribution in [-0.2, 0) is 16.1 Å². The van der Waals surface area contributed by atoms with Crippen molar-refractivity contribution in [1.29, 1.82) is 0 Å². The Morgan fingerprint density at radius 1 is 1.30 bits per heavy atom. The standard InChI is InChI=1S/C22H28N4O4/c1-3-29-21(28)17-8-5-11-26(15-17)22(23-2)24-14-16-7-4-9-18(13-16)25-20(27)19-10-6-12-30-19/h4,6-7,9-10,12-13,17H,3,5,8,11,14-15H2,1-2H3,(H,23,24)(H,25,27)/t17-/m0/s1. The Labute approximate surface area is 176 Å². The van der Waals surface area contributed by atoms with Gasteiger partial charge < -0.3 is 24.7 Å². The summed E-state index contributed by atoms with van der Waals surface area (Å²) in [6.45, 7) is 4.20. The molecule has 1 aliphatic rings. The summed E-state index contributed by atoms with van der Waals surface area (Å²) in [7, 11) is 1.73. The van der Waals surface area contributed by atoms with Gasteiger partial charge in [0.25, 0.3) is 5.91 Å². The van der Waals surface area contributed by atoms with E-state index in [1.54, 1.807) is 19.2 Å². The summed E-state index contributed by atoms with van der Waals surface area (Å²) in [6, 6.07) is 10.9.